The Labute approximate surface area is 158 Å². The minimum atomic E-state index is -3.66. The molecule has 8 heteroatoms. The fourth-order valence-electron chi connectivity index (χ4n) is 3.34. The van der Waals surface area contributed by atoms with Crippen molar-refractivity contribution in [3.05, 3.63) is 66.1 Å². The number of nitriles is 1. The smallest absolute Gasteiger partial charge is 0.244 e. The van der Waals surface area contributed by atoms with Crippen molar-refractivity contribution < 1.29 is 8.42 Å². The second-order valence-electron chi connectivity index (χ2n) is 6.49. The van der Waals surface area contributed by atoms with Crippen LogP contribution in [-0.4, -0.2) is 53.2 Å². The van der Waals surface area contributed by atoms with E-state index in [0.717, 1.165) is 11.3 Å². The fraction of sp³-hybridized carbons (Fsp3) is 0.263. The predicted molar refractivity (Wildman–Crippen MR) is 100 cm³/mol. The zero-order valence-electron chi connectivity index (χ0n) is 14.7. The van der Waals surface area contributed by atoms with Crippen molar-refractivity contribution in [1.29, 1.82) is 5.26 Å². The molecule has 0 aliphatic carbocycles. The Balaban J connectivity index is 1.44. The highest BCUT2D eigenvalue weighted by Gasteiger charge is 2.30. The second kappa shape index (κ2) is 7.12. The van der Waals surface area contributed by atoms with Gasteiger partial charge >= 0.3 is 0 Å². The van der Waals surface area contributed by atoms with Crippen LogP contribution in [0.5, 0.6) is 0 Å². The van der Waals surface area contributed by atoms with Crippen molar-refractivity contribution in [3.63, 3.8) is 0 Å². The average molecular weight is 381 g/mol. The lowest BCUT2D eigenvalue weighted by molar-refractivity contribution is 0.180. The molecule has 2 aromatic heterocycles. The van der Waals surface area contributed by atoms with Gasteiger partial charge in [0.2, 0.25) is 10.0 Å². The lowest BCUT2D eigenvalue weighted by Gasteiger charge is -2.33. The first-order valence-electron chi connectivity index (χ1n) is 8.72. The average Bonchev–Trinajstić information content (AvgIpc) is 3.10. The zero-order valence-corrected chi connectivity index (χ0v) is 15.5. The summed E-state index contributed by atoms with van der Waals surface area (Å²) in [5, 5.41) is 9.20. The van der Waals surface area contributed by atoms with E-state index in [0.29, 0.717) is 32.7 Å². The van der Waals surface area contributed by atoms with Crippen LogP contribution >= 0.6 is 0 Å². The predicted octanol–water partition coefficient (Wildman–Crippen LogP) is 1.71. The van der Waals surface area contributed by atoms with E-state index in [1.807, 2.05) is 41.1 Å². The number of hydrogen-bond acceptors (Lipinski definition) is 5. The third kappa shape index (κ3) is 3.45. The Morgan fingerprint density at radius 2 is 1.78 bits per heavy atom. The highest BCUT2D eigenvalue weighted by atomic mass is 32.2. The van der Waals surface area contributed by atoms with Gasteiger partial charge in [0.15, 0.2) is 0 Å². The van der Waals surface area contributed by atoms with E-state index >= 15 is 0 Å². The van der Waals surface area contributed by atoms with E-state index in [9.17, 15) is 13.7 Å². The molecule has 3 aromatic rings. The van der Waals surface area contributed by atoms with Gasteiger partial charge in [0, 0.05) is 45.1 Å². The molecule has 0 saturated carbocycles. The van der Waals surface area contributed by atoms with Gasteiger partial charge < -0.3 is 4.40 Å². The summed E-state index contributed by atoms with van der Waals surface area (Å²) in [7, 11) is -3.66. The van der Waals surface area contributed by atoms with Gasteiger partial charge in [0.1, 0.15) is 11.7 Å². The molecule has 1 fully saturated rings. The topological polar surface area (TPSA) is 81.7 Å². The Morgan fingerprint density at radius 1 is 1.04 bits per heavy atom. The van der Waals surface area contributed by atoms with Crippen LogP contribution < -0.4 is 0 Å². The number of pyridine rings is 1. The van der Waals surface area contributed by atoms with Crippen LogP contribution in [0.25, 0.3) is 5.65 Å². The molecule has 0 spiro atoms. The summed E-state index contributed by atoms with van der Waals surface area (Å²) in [6.07, 6.45) is 3.96. The zero-order chi connectivity index (χ0) is 18.9. The molecule has 27 heavy (non-hydrogen) atoms. The van der Waals surface area contributed by atoms with Gasteiger partial charge in [-0.05, 0) is 24.3 Å². The monoisotopic (exact) mass is 381 g/mol. The summed E-state index contributed by atoms with van der Waals surface area (Å²) in [6, 6.07) is 14.2. The molecule has 138 valence electrons. The van der Waals surface area contributed by atoms with Crippen molar-refractivity contribution in [2.45, 2.75) is 11.4 Å². The van der Waals surface area contributed by atoms with E-state index in [-0.39, 0.29) is 10.5 Å². The van der Waals surface area contributed by atoms with Crippen LogP contribution in [0, 0.1) is 11.3 Å². The molecule has 3 heterocycles. The number of fused-ring (bicyclic) bond motifs is 1. The SMILES string of the molecule is N#Cc1ccccc1S(=O)(=O)N1CCN(Cc2cn3ccccc3n2)CC1. The number of nitrogens with zero attached hydrogens (tertiary/aromatic N) is 5. The summed E-state index contributed by atoms with van der Waals surface area (Å²) in [4.78, 5) is 6.88. The summed E-state index contributed by atoms with van der Waals surface area (Å²) < 4.78 is 29.2. The largest absolute Gasteiger partial charge is 0.307 e. The quantitative estimate of drug-likeness (QED) is 0.687. The molecular formula is C19H19N5O2S. The van der Waals surface area contributed by atoms with Crippen LogP contribution in [-0.2, 0) is 16.6 Å². The summed E-state index contributed by atoms with van der Waals surface area (Å²) in [5.41, 5.74) is 2.05. The van der Waals surface area contributed by atoms with Gasteiger partial charge in [-0.3, -0.25) is 4.90 Å². The maximum Gasteiger partial charge on any atom is 0.244 e. The molecule has 1 aliphatic heterocycles. The first kappa shape index (κ1) is 17.7. The molecule has 0 unspecified atom stereocenters. The minimum absolute atomic E-state index is 0.0845. The molecule has 0 N–H and O–H groups in total. The Hall–Kier alpha value is -2.73. The third-order valence-corrected chi connectivity index (χ3v) is 6.71. The van der Waals surface area contributed by atoms with Crippen LogP contribution in [0.15, 0.2) is 59.8 Å². The molecule has 1 saturated heterocycles. The molecule has 0 atom stereocenters. The van der Waals surface area contributed by atoms with Gasteiger partial charge in [-0.15, -0.1) is 0 Å². The van der Waals surface area contributed by atoms with Crippen molar-refractivity contribution in [1.82, 2.24) is 18.6 Å². The van der Waals surface area contributed by atoms with E-state index in [4.69, 9.17) is 0 Å². The molecule has 4 rings (SSSR count). The standard InChI is InChI=1S/C19H19N5O2S/c20-13-16-5-1-2-6-18(16)27(25,26)24-11-9-22(10-12-24)14-17-15-23-8-4-3-7-19(23)21-17/h1-8,15H,9-12,14H2. The molecule has 7 nitrogen and oxygen atoms in total. The van der Waals surface area contributed by atoms with E-state index in [2.05, 4.69) is 9.88 Å². The number of rotatable bonds is 4. The minimum Gasteiger partial charge on any atom is -0.307 e. The first-order valence-corrected chi connectivity index (χ1v) is 10.2. The highest BCUT2D eigenvalue weighted by molar-refractivity contribution is 7.89. The van der Waals surface area contributed by atoms with Crippen LogP contribution in [0.1, 0.15) is 11.3 Å². The fourth-order valence-corrected chi connectivity index (χ4v) is 4.91. The third-order valence-electron chi connectivity index (χ3n) is 4.76. The number of sulfonamides is 1. The lowest BCUT2D eigenvalue weighted by atomic mass is 10.2. The van der Waals surface area contributed by atoms with Crippen molar-refractivity contribution in [2.24, 2.45) is 0 Å². The Bertz CT molecular complexity index is 1080. The normalized spacial score (nSPS) is 16.4. The van der Waals surface area contributed by atoms with E-state index < -0.39 is 10.0 Å². The molecule has 0 bridgehead atoms. The maximum atomic E-state index is 12.9. The lowest BCUT2D eigenvalue weighted by Crippen LogP contribution is -2.48. The summed E-state index contributed by atoms with van der Waals surface area (Å²) >= 11 is 0. The summed E-state index contributed by atoms with van der Waals surface area (Å²) in [5.74, 6) is 0. The number of imidazole rings is 1. The van der Waals surface area contributed by atoms with Gasteiger partial charge in [0.05, 0.1) is 16.2 Å². The Kier molecular flexibility index (Phi) is 4.66. The van der Waals surface area contributed by atoms with Crippen molar-refractivity contribution in [2.75, 3.05) is 26.2 Å². The van der Waals surface area contributed by atoms with Gasteiger partial charge in [-0.1, -0.05) is 18.2 Å². The van der Waals surface area contributed by atoms with Crippen LogP contribution in [0.3, 0.4) is 0 Å². The number of hydrogen-bond donors (Lipinski definition) is 0. The van der Waals surface area contributed by atoms with Gasteiger partial charge in [-0.2, -0.15) is 9.57 Å². The van der Waals surface area contributed by atoms with Crippen molar-refractivity contribution >= 4 is 15.7 Å². The molecule has 1 aliphatic rings. The van der Waals surface area contributed by atoms with E-state index in [1.54, 1.807) is 12.1 Å². The Morgan fingerprint density at radius 3 is 2.52 bits per heavy atom. The maximum absolute atomic E-state index is 12.9. The van der Waals surface area contributed by atoms with Crippen LogP contribution in [0.2, 0.25) is 0 Å². The van der Waals surface area contributed by atoms with Gasteiger partial charge in [0.25, 0.3) is 0 Å². The van der Waals surface area contributed by atoms with E-state index in [1.165, 1.54) is 16.4 Å². The molecular weight excluding hydrogens is 362 g/mol. The van der Waals surface area contributed by atoms with Gasteiger partial charge in [-0.25, -0.2) is 13.4 Å². The molecule has 1 aromatic carbocycles. The number of benzene rings is 1. The molecule has 0 amide bonds. The molecule has 0 radical (unpaired) electrons. The van der Waals surface area contributed by atoms with Crippen molar-refractivity contribution in [3.8, 4) is 6.07 Å². The highest BCUT2D eigenvalue weighted by Crippen LogP contribution is 2.21. The number of piperazine rings is 1. The number of aromatic nitrogens is 2. The van der Waals surface area contributed by atoms with Crippen LogP contribution in [0.4, 0.5) is 0 Å². The summed E-state index contributed by atoms with van der Waals surface area (Å²) in [6.45, 7) is 2.74. The second-order valence-corrected chi connectivity index (χ2v) is 8.39. The first-order chi connectivity index (χ1) is 13.1.